The Kier molecular flexibility index (Phi) is 5.18. The quantitative estimate of drug-likeness (QED) is 0.735. The van der Waals surface area contributed by atoms with Crippen molar-refractivity contribution in [2.24, 2.45) is 0 Å². The number of amides is 3. The molecule has 1 aromatic rings. The van der Waals surface area contributed by atoms with Crippen molar-refractivity contribution in [1.29, 1.82) is 0 Å². The molecule has 0 spiro atoms. The number of rotatable bonds is 3. The van der Waals surface area contributed by atoms with Gasteiger partial charge >= 0.3 is 12.0 Å². The highest BCUT2D eigenvalue weighted by molar-refractivity contribution is 6.10. The van der Waals surface area contributed by atoms with Crippen LogP contribution in [0.25, 0.3) is 0 Å². The lowest BCUT2D eigenvalue weighted by Gasteiger charge is -2.10. The summed E-state index contributed by atoms with van der Waals surface area (Å²) in [5, 5.41) is 13.3. The monoisotopic (exact) mass is 291 g/mol. The molecule has 1 aromatic heterocycles. The van der Waals surface area contributed by atoms with E-state index >= 15 is 0 Å². The molecule has 0 unspecified atom stereocenters. The minimum absolute atomic E-state index is 0.0311. The van der Waals surface area contributed by atoms with Crippen LogP contribution in [-0.2, 0) is 9.59 Å². The maximum atomic E-state index is 11.7. The predicted molar refractivity (Wildman–Crippen MR) is 76.9 cm³/mol. The van der Waals surface area contributed by atoms with E-state index in [1.165, 1.54) is 13.8 Å². The highest BCUT2D eigenvalue weighted by atomic mass is 16.4. The van der Waals surface area contributed by atoms with E-state index in [9.17, 15) is 14.4 Å². The van der Waals surface area contributed by atoms with Crippen molar-refractivity contribution in [2.45, 2.75) is 27.7 Å². The van der Waals surface area contributed by atoms with Gasteiger partial charge in [0.25, 0.3) is 5.91 Å². The third kappa shape index (κ3) is 4.41. The number of imide groups is 1. The van der Waals surface area contributed by atoms with Crippen molar-refractivity contribution in [3.63, 3.8) is 0 Å². The van der Waals surface area contributed by atoms with Gasteiger partial charge in [-0.05, 0) is 39.8 Å². The second kappa shape index (κ2) is 6.65. The number of carboxylic acid groups (broad SMARTS) is 1. The molecule has 0 aromatic carbocycles. The lowest BCUT2D eigenvalue weighted by Crippen LogP contribution is -2.35. The number of urea groups is 1. The van der Waals surface area contributed by atoms with Gasteiger partial charge in [-0.25, -0.2) is 9.59 Å². The van der Waals surface area contributed by atoms with Gasteiger partial charge in [-0.3, -0.25) is 15.1 Å². The molecule has 1 rings (SSSR count). The minimum atomic E-state index is -1.21. The summed E-state index contributed by atoms with van der Waals surface area (Å²) in [6, 6.07) is 2.66. The SMILES string of the molecule is C/C(C(=O)O)=C(/C)C(=O)NC(=O)Nc1ccc(C)nc1C. The summed E-state index contributed by atoms with van der Waals surface area (Å²) < 4.78 is 0. The number of nitrogens with zero attached hydrogens (tertiary/aromatic N) is 1. The summed E-state index contributed by atoms with van der Waals surface area (Å²) in [5.41, 5.74) is 1.75. The maximum Gasteiger partial charge on any atom is 0.331 e. The summed E-state index contributed by atoms with van der Waals surface area (Å²) in [6.45, 7) is 6.18. The largest absolute Gasteiger partial charge is 0.478 e. The third-order valence-corrected chi connectivity index (χ3v) is 2.92. The van der Waals surface area contributed by atoms with E-state index < -0.39 is 17.9 Å². The Morgan fingerprint density at radius 2 is 1.71 bits per heavy atom. The van der Waals surface area contributed by atoms with Gasteiger partial charge in [0.1, 0.15) is 0 Å². The molecule has 0 atom stereocenters. The van der Waals surface area contributed by atoms with Crippen molar-refractivity contribution in [1.82, 2.24) is 10.3 Å². The zero-order chi connectivity index (χ0) is 16.2. The zero-order valence-electron chi connectivity index (χ0n) is 12.3. The van der Waals surface area contributed by atoms with E-state index in [2.05, 4.69) is 15.6 Å². The van der Waals surface area contributed by atoms with Gasteiger partial charge in [-0.2, -0.15) is 0 Å². The first-order chi connectivity index (χ1) is 9.72. The van der Waals surface area contributed by atoms with E-state index in [4.69, 9.17) is 5.11 Å². The van der Waals surface area contributed by atoms with Crippen molar-refractivity contribution in [3.8, 4) is 0 Å². The van der Waals surface area contributed by atoms with Crippen molar-refractivity contribution in [2.75, 3.05) is 5.32 Å². The van der Waals surface area contributed by atoms with Gasteiger partial charge in [0.15, 0.2) is 0 Å². The summed E-state index contributed by atoms with van der Waals surface area (Å²) in [5.74, 6) is -1.97. The normalized spacial score (nSPS) is 11.4. The van der Waals surface area contributed by atoms with Crippen LogP contribution in [0.4, 0.5) is 10.5 Å². The van der Waals surface area contributed by atoms with E-state index in [0.717, 1.165) is 5.69 Å². The standard InChI is InChI=1S/C14H17N3O4/c1-7-5-6-11(10(4)15-7)16-14(21)17-12(18)8(2)9(3)13(19)20/h5-6H,1-4H3,(H,19,20)(H2,16,17,18,21)/b9-8+. The average molecular weight is 291 g/mol. The summed E-state index contributed by atoms with van der Waals surface area (Å²) in [6.07, 6.45) is 0. The number of nitrogens with one attached hydrogen (secondary N) is 2. The van der Waals surface area contributed by atoms with Crippen molar-refractivity contribution < 1.29 is 19.5 Å². The molecule has 0 fully saturated rings. The summed E-state index contributed by atoms with van der Waals surface area (Å²) in [7, 11) is 0. The molecule has 0 bridgehead atoms. The average Bonchev–Trinajstić information content (AvgIpc) is 2.40. The molecule has 0 aliphatic heterocycles. The van der Waals surface area contributed by atoms with Crippen LogP contribution in [0.2, 0.25) is 0 Å². The van der Waals surface area contributed by atoms with Gasteiger partial charge in [-0.1, -0.05) is 0 Å². The second-order valence-electron chi connectivity index (χ2n) is 4.55. The Bertz CT molecular complexity index is 635. The third-order valence-electron chi connectivity index (χ3n) is 2.92. The molecule has 1 heterocycles. The molecule has 0 saturated carbocycles. The molecule has 3 amide bonds. The van der Waals surface area contributed by atoms with Gasteiger partial charge in [-0.15, -0.1) is 0 Å². The molecule has 0 aliphatic carbocycles. The lowest BCUT2D eigenvalue weighted by atomic mass is 10.1. The molecule has 112 valence electrons. The molecular weight excluding hydrogens is 274 g/mol. The Labute approximate surface area is 122 Å². The maximum absolute atomic E-state index is 11.7. The Hall–Kier alpha value is -2.70. The number of aliphatic carboxylic acids is 1. The fourth-order valence-corrected chi connectivity index (χ4v) is 1.50. The fraction of sp³-hybridized carbons (Fsp3) is 0.286. The number of aryl methyl sites for hydroxylation is 2. The van der Waals surface area contributed by atoms with Crippen LogP contribution in [-0.4, -0.2) is 28.0 Å². The first kappa shape index (κ1) is 16.4. The highest BCUT2D eigenvalue weighted by Crippen LogP contribution is 2.12. The zero-order valence-corrected chi connectivity index (χ0v) is 12.3. The smallest absolute Gasteiger partial charge is 0.331 e. The van der Waals surface area contributed by atoms with Gasteiger partial charge in [0.05, 0.1) is 11.4 Å². The number of aromatic nitrogens is 1. The Morgan fingerprint density at radius 1 is 1.10 bits per heavy atom. The highest BCUT2D eigenvalue weighted by Gasteiger charge is 2.15. The minimum Gasteiger partial charge on any atom is -0.478 e. The van der Waals surface area contributed by atoms with Crippen LogP contribution in [0, 0.1) is 13.8 Å². The Morgan fingerprint density at radius 3 is 2.24 bits per heavy atom. The molecular formula is C14H17N3O4. The number of hydrogen-bond acceptors (Lipinski definition) is 4. The second-order valence-corrected chi connectivity index (χ2v) is 4.55. The van der Waals surface area contributed by atoms with E-state index in [0.29, 0.717) is 11.4 Å². The van der Waals surface area contributed by atoms with E-state index in [1.807, 2.05) is 6.92 Å². The topological polar surface area (TPSA) is 108 Å². The number of carbonyl (C=O) groups excluding carboxylic acids is 2. The molecule has 3 N–H and O–H groups in total. The molecule has 0 saturated heterocycles. The first-order valence-electron chi connectivity index (χ1n) is 6.19. The van der Waals surface area contributed by atoms with Crippen LogP contribution >= 0.6 is 0 Å². The van der Waals surface area contributed by atoms with Crippen molar-refractivity contribution >= 4 is 23.6 Å². The van der Waals surface area contributed by atoms with Gasteiger partial charge in [0.2, 0.25) is 0 Å². The number of anilines is 1. The number of carbonyl (C=O) groups is 3. The number of carboxylic acids is 1. The Balaban J connectivity index is 2.76. The number of pyridine rings is 1. The molecule has 0 radical (unpaired) electrons. The van der Waals surface area contributed by atoms with Gasteiger partial charge in [0, 0.05) is 16.8 Å². The predicted octanol–water partition coefficient (Wildman–Crippen LogP) is 1.77. The first-order valence-corrected chi connectivity index (χ1v) is 6.19. The lowest BCUT2D eigenvalue weighted by molar-refractivity contribution is -0.133. The fourth-order valence-electron chi connectivity index (χ4n) is 1.50. The molecule has 7 heteroatoms. The van der Waals surface area contributed by atoms with Gasteiger partial charge < -0.3 is 10.4 Å². The van der Waals surface area contributed by atoms with Crippen LogP contribution in [0.3, 0.4) is 0 Å². The summed E-state index contributed by atoms with van der Waals surface area (Å²) >= 11 is 0. The molecule has 0 aliphatic rings. The molecule has 7 nitrogen and oxygen atoms in total. The van der Waals surface area contributed by atoms with Crippen LogP contribution in [0.15, 0.2) is 23.3 Å². The van der Waals surface area contributed by atoms with Crippen LogP contribution in [0.5, 0.6) is 0 Å². The summed E-state index contributed by atoms with van der Waals surface area (Å²) in [4.78, 5) is 38.4. The molecule has 21 heavy (non-hydrogen) atoms. The van der Waals surface area contributed by atoms with Crippen LogP contribution in [0.1, 0.15) is 25.2 Å². The van der Waals surface area contributed by atoms with Crippen LogP contribution < -0.4 is 10.6 Å². The van der Waals surface area contributed by atoms with E-state index in [1.54, 1.807) is 19.1 Å². The van der Waals surface area contributed by atoms with E-state index in [-0.39, 0.29) is 11.1 Å². The van der Waals surface area contributed by atoms with Crippen molar-refractivity contribution in [3.05, 3.63) is 34.7 Å². The number of hydrogen-bond donors (Lipinski definition) is 3.